The predicted molar refractivity (Wildman–Crippen MR) is 95.1 cm³/mol. The number of carbonyl (C=O) groups is 1. The minimum atomic E-state index is -3.17. The Balaban J connectivity index is 2.04. The summed E-state index contributed by atoms with van der Waals surface area (Å²) in [6.45, 7) is 2.11. The fourth-order valence-electron chi connectivity index (χ4n) is 3.08. The molecule has 1 unspecified atom stereocenters. The van der Waals surface area contributed by atoms with Crippen LogP contribution >= 0.6 is 0 Å². The van der Waals surface area contributed by atoms with Crippen molar-refractivity contribution in [2.24, 2.45) is 0 Å². The Bertz CT molecular complexity index is 1000. The molecule has 0 amide bonds. The number of sulfone groups is 1. The molecule has 0 aliphatic carbocycles. The molecule has 0 bridgehead atoms. The molecular weight excluding hydrogens is 378 g/mol. The van der Waals surface area contributed by atoms with E-state index in [-0.39, 0.29) is 34.4 Å². The third-order valence-electron chi connectivity index (χ3n) is 4.33. The number of non-ortho nitro benzene ring substituents is 1. The van der Waals surface area contributed by atoms with Gasteiger partial charge in [-0.25, -0.2) is 13.2 Å². The molecule has 0 radical (unpaired) electrons. The second kappa shape index (κ2) is 6.95. The largest absolute Gasteiger partial charge is 0.476 e. The van der Waals surface area contributed by atoms with E-state index >= 15 is 0 Å². The van der Waals surface area contributed by atoms with Crippen LogP contribution in [0.4, 0.5) is 11.5 Å². The van der Waals surface area contributed by atoms with Gasteiger partial charge in [0.2, 0.25) is 5.69 Å². The van der Waals surface area contributed by atoms with Crippen molar-refractivity contribution in [3.8, 4) is 5.69 Å². The summed E-state index contributed by atoms with van der Waals surface area (Å²) in [7, 11) is -3.17. The van der Waals surface area contributed by atoms with Crippen LogP contribution in [0, 0.1) is 10.1 Å². The molecule has 0 saturated carbocycles. The predicted octanol–water partition coefficient (Wildman–Crippen LogP) is 0.887. The molecule has 2 aromatic rings. The molecule has 1 atom stereocenters. The summed E-state index contributed by atoms with van der Waals surface area (Å²) in [4.78, 5) is 24.6. The van der Waals surface area contributed by atoms with Gasteiger partial charge in [0.25, 0.3) is 5.69 Å². The number of anilines is 1. The fraction of sp³-hybridized carbons (Fsp3) is 0.400. The summed E-state index contributed by atoms with van der Waals surface area (Å²) >= 11 is 0. The van der Waals surface area contributed by atoms with Crippen LogP contribution < -0.4 is 4.90 Å². The number of carboxylic acid groups (broad SMARTS) is 1. The molecule has 1 aliphatic rings. The maximum atomic E-state index is 11.8. The molecule has 2 heterocycles. The van der Waals surface area contributed by atoms with E-state index in [4.69, 9.17) is 0 Å². The number of carboxylic acids is 1. The van der Waals surface area contributed by atoms with Crippen LogP contribution in [0.15, 0.2) is 24.3 Å². The Morgan fingerprint density at radius 1 is 1.44 bits per heavy atom. The first-order valence-corrected chi connectivity index (χ1v) is 9.96. The van der Waals surface area contributed by atoms with E-state index in [1.807, 2.05) is 0 Å². The van der Waals surface area contributed by atoms with Crippen molar-refractivity contribution in [3.63, 3.8) is 0 Å². The van der Waals surface area contributed by atoms with Gasteiger partial charge in [-0.1, -0.05) is 6.07 Å². The molecule has 1 fully saturated rings. The number of nitrogens with zero attached hydrogens (tertiary/aromatic N) is 5. The zero-order valence-corrected chi connectivity index (χ0v) is 15.2. The van der Waals surface area contributed by atoms with Crippen molar-refractivity contribution in [1.82, 2.24) is 15.0 Å². The van der Waals surface area contributed by atoms with Crippen molar-refractivity contribution in [1.29, 1.82) is 0 Å². The number of aromatic carboxylic acids is 1. The maximum absolute atomic E-state index is 11.8. The lowest BCUT2D eigenvalue weighted by Gasteiger charge is -2.26. The monoisotopic (exact) mass is 395 g/mol. The molecule has 1 aromatic carbocycles. The van der Waals surface area contributed by atoms with Gasteiger partial charge in [-0.05, 0) is 19.4 Å². The van der Waals surface area contributed by atoms with Gasteiger partial charge in [-0.2, -0.15) is 0 Å². The second-order valence-electron chi connectivity index (χ2n) is 6.09. The van der Waals surface area contributed by atoms with Crippen molar-refractivity contribution >= 4 is 27.3 Å². The first kappa shape index (κ1) is 18.8. The summed E-state index contributed by atoms with van der Waals surface area (Å²) in [6, 6.07) is 5.09. The van der Waals surface area contributed by atoms with Gasteiger partial charge >= 0.3 is 5.97 Å². The van der Waals surface area contributed by atoms with Crippen LogP contribution in [0.3, 0.4) is 0 Å². The average Bonchev–Trinajstić information content (AvgIpc) is 3.20. The highest BCUT2D eigenvalue weighted by Crippen LogP contribution is 2.26. The minimum absolute atomic E-state index is 0.0373. The summed E-state index contributed by atoms with van der Waals surface area (Å²) < 4.78 is 23.6. The van der Waals surface area contributed by atoms with Crippen LogP contribution in [0.1, 0.15) is 23.8 Å². The van der Waals surface area contributed by atoms with Gasteiger partial charge in [-0.15, -0.1) is 15.0 Å². The number of nitro groups is 1. The SMILES string of the molecule is CCN(c1nn(-c2cccc([N+](=O)[O-])c2)nc1C(=O)O)C1CCS(=O)(=O)C1. The van der Waals surface area contributed by atoms with E-state index in [2.05, 4.69) is 10.2 Å². The first-order valence-electron chi connectivity index (χ1n) is 8.14. The first-order chi connectivity index (χ1) is 12.7. The molecule has 12 heteroatoms. The Kier molecular flexibility index (Phi) is 4.83. The summed E-state index contributed by atoms with van der Waals surface area (Å²) in [6.07, 6.45) is 0.374. The zero-order chi connectivity index (χ0) is 19.8. The smallest absolute Gasteiger partial charge is 0.360 e. The van der Waals surface area contributed by atoms with Crippen LogP contribution in [-0.2, 0) is 9.84 Å². The molecule has 1 N–H and O–H groups in total. The van der Waals surface area contributed by atoms with Gasteiger partial charge in [0.15, 0.2) is 15.7 Å². The Morgan fingerprint density at radius 2 is 2.19 bits per heavy atom. The highest BCUT2D eigenvalue weighted by atomic mass is 32.2. The van der Waals surface area contributed by atoms with Gasteiger partial charge in [0.05, 0.1) is 22.1 Å². The van der Waals surface area contributed by atoms with E-state index in [1.54, 1.807) is 11.8 Å². The Labute approximate surface area is 154 Å². The third kappa shape index (κ3) is 3.74. The lowest BCUT2D eigenvalue weighted by atomic mass is 10.2. The van der Waals surface area contributed by atoms with E-state index < -0.39 is 26.8 Å². The van der Waals surface area contributed by atoms with Crippen LogP contribution in [0.2, 0.25) is 0 Å². The lowest BCUT2D eigenvalue weighted by Crippen LogP contribution is -2.37. The van der Waals surface area contributed by atoms with E-state index in [0.29, 0.717) is 13.0 Å². The number of hydrogen-bond acceptors (Lipinski definition) is 8. The van der Waals surface area contributed by atoms with Gasteiger partial charge in [-0.3, -0.25) is 10.1 Å². The number of aromatic nitrogens is 3. The maximum Gasteiger partial charge on any atom is 0.360 e. The third-order valence-corrected chi connectivity index (χ3v) is 6.08. The number of nitro benzene ring substituents is 1. The molecule has 1 saturated heterocycles. The Morgan fingerprint density at radius 3 is 2.74 bits per heavy atom. The molecule has 11 nitrogen and oxygen atoms in total. The molecule has 1 aromatic heterocycles. The van der Waals surface area contributed by atoms with Crippen LogP contribution in [0.25, 0.3) is 5.69 Å². The average molecular weight is 395 g/mol. The van der Waals surface area contributed by atoms with Crippen molar-refractivity contribution in [3.05, 3.63) is 40.1 Å². The standard InChI is InChI=1S/C15H17N5O6S/c1-2-18(12-6-7-27(25,26)9-12)14-13(15(21)22)16-19(17-14)10-4-3-5-11(8-10)20(23)24/h3-5,8,12H,2,6-7,9H2,1H3,(H,21,22). The molecule has 3 rings (SSSR count). The van der Waals surface area contributed by atoms with Gasteiger partial charge in [0.1, 0.15) is 0 Å². The molecule has 144 valence electrons. The van der Waals surface area contributed by atoms with Gasteiger partial charge < -0.3 is 10.0 Å². The summed E-state index contributed by atoms with van der Waals surface area (Å²) in [5, 5.41) is 28.6. The highest BCUT2D eigenvalue weighted by molar-refractivity contribution is 7.91. The van der Waals surface area contributed by atoms with E-state index in [1.165, 1.54) is 24.3 Å². The second-order valence-corrected chi connectivity index (χ2v) is 8.32. The van der Waals surface area contributed by atoms with Gasteiger partial charge in [0, 0.05) is 24.7 Å². The summed E-state index contributed by atoms with van der Waals surface area (Å²) in [5.74, 6) is -1.32. The topological polar surface area (TPSA) is 149 Å². The molecule has 0 spiro atoms. The van der Waals surface area contributed by atoms with Crippen molar-refractivity contribution in [2.75, 3.05) is 23.0 Å². The normalized spacial score (nSPS) is 18.3. The minimum Gasteiger partial charge on any atom is -0.476 e. The van der Waals surface area contributed by atoms with E-state index in [0.717, 1.165) is 4.80 Å². The molecule has 1 aliphatic heterocycles. The number of rotatable bonds is 6. The van der Waals surface area contributed by atoms with Crippen LogP contribution in [-0.4, -0.2) is 63.5 Å². The van der Waals surface area contributed by atoms with Crippen LogP contribution in [0.5, 0.6) is 0 Å². The highest BCUT2D eigenvalue weighted by Gasteiger charge is 2.35. The van der Waals surface area contributed by atoms with Crippen molar-refractivity contribution in [2.45, 2.75) is 19.4 Å². The summed E-state index contributed by atoms with van der Waals surface area (Å²) in [5.41, 5.74) is -0.293. The number of hydrogen-bond donors (Lipinski definition) is 1. The molecular formula is C15H17N5O6S. The lowest BCUT2D eigenvalue weighted by molar-refractivity contribution is -0.384. The number of benzene rings is 1. The fourth-order valence-corrected chi connectivity index (χ4v) is 4.81. The zero-order valence-electron chi connectivity index (χ0n) is 14.3. The quantitative estimate of drug-likeness (QED) is 0.555. The molecule has 27 heavy (non-hydrogen) atoms. The van der Waals surface area contributed by atoms with Crippen molar-refractivity contribution < 1.29 is 23.2 Å². The Hall–Kier alpha value is -3.02. The van der Waals surface area contributed by atoms with E-state index in [9.17, 15) is 28.4 Å².